The summed E-state index contributed by atoms with van der Waals surface area (Å²) in [4.78, 5) is 20.0. The van der Waals surface area contributed by atoms with Crippen molar-refractivity contribution in [3.05, 3.63) is 71.0 Å². The second-order valence-corrected chi connectivity index (χ2v) is 8.10. The average Bonchev–Trinajstić information content (AvgIpc) is 2.69. The van der Waals surface area contributed by atoms with Crippen LogP contribution in [0, 0.1) is 0 Å². The lowest BCUT2D eigenvalue weighted by molar-refractivity contribution is 0.102. The van der Waals surface area contributed by atoms with E-state index in [0.29, 0.717) is 11.3 Å². The monoisotopic (exact) mass is 462 g/mol. The molecule has 0 aliphatic rings. The first-order valence-corrected chi connectivity index (χ1v) is 10.2. The molecule has 144 valence electrons. The number of nitrogens with zero attached hydrogens (tertiary/aromatic N) is 2. The van der Waals surface area contributed by atoms with Crippen LogP contribution in [0.15, 0.2) is 70.3 Å². The van der Waals surface area contributed by atoms with Gasteiger partial charge in [-0.15, -0.1) is 0 Å². The normalized spacial score (nSPS) is 10.9. The molecule has 1 heterocycles. The number of halogens is 1. The molecule has 0 unspecified atom stereocenters. The molecule has 0 aliphatic heterocycles. The highest BCUT2D eigenvalue weighted by molar-refractivity contribution is 9.10. The first kappa shape index (κ1) is 19.8. The van der Waals surface area contributed by atoms with Gasteiger partial charge in [0.25, 0.3) is 21.8 Å². The van der Waals surface area contributed by atoms with E-state index in [9.17, 15) is 13.2 Å². The lowest BCUT2D eigenvalue weighted by Gasteiger charge is -2.10. The second-order valence-electron chi connectivity index (χ2n) is 5.51. The summed E-state index contributed by atoms with van der Waals surface area (Å²) in [6.07, 6.45) is 2.74. The van der Waals surface area contributed by atoms with Crippen LogP contribution in [-0.4, -0.2) is 31.4 Å². The molecule has 1 amide bonds. The molecule has 1 aromatic heterocycles. The number of ether oxygens (including phenoxy) is 1. The summed E-state index contributed by atoms with van der Waals surface area (Å²) < 4.78 is 33.2. The first-order valence-electron chi connectivity index (χ1n) is 7.94. The Bertz CT molecular complexity index is 1090. The highest BCUT2D eigenvalue weighted by atomic mass is 79.9. The quantitative estimate of drug-likeness (QED) is 0.581. The van der Waals surface area contributed by atoms with E-state index in [0.717, 1.165) is 4.47 Å². The maximum Gasteiger partial charge on any atom is 0.263 e. The van der Waals surface area contributed by atoms with Crippen molar-refractivity contribution >= 4 is 43.4 Å². The Morgan fingerprint density at radius 1 is 1.00 bits per heavy atom. The van der Waals surface area contributed by atoms with Crippen LogP contribution in [0.25, 0.3) is 0 Å². The lowest BCUT2D eigenvalue weighted by atomic mass is 10.2. The van der Waals surface area contributed by atoms with E-state index in [1.165, 1.54) is 43.8 Å². The van der Waals surface area contributed by atoms with Gasteiger partial charge in [-0.2, -0.15) is 0 Å². The zero-order chi connectivity index (χ0) is 20.1. The zero-order valence-corrected chi connectivity index (χ0v) is 17.0. The number of benzene rings is 2. The minimum absolute atomic E-state index is 0.00171. The van der Waals surface area contributed by atoms with Crippen molar-refractivity contribution in [1.82, 2.24) is 9.97 Å². The number of aromatic nitrogens is 2. The van der Waals surface area contributed by atoms with Crippen molar-refractivity contribution in [2.75, 3.05) is 17.1 Å². The third kappa shape index (κ3) is 4.65. The van der Waals surface area contributed by atoms with Gasteiger partial charge >= 0.3 is 0 Å². The molecule has 28 heavy (non-hydrogen) atoms. The van der Waals surface area contributed by atoms with E-state index in [1.54, 1.807) is 24.3 Å². The van der Waals surface area contributed by atoms with Crippen LogP contribution in [0.2, 0.25) is 0 Å². The number of anilines is 2. The largest absolute Gasteiger partial charge is 0.478 e. The molecule has 3 rings (SSSR count). The summed E-state index contributed by atoms with van der Waals surface area (Å²) in [6.45, 7) is 0. The lowest BCUT2D eigenvalue weighted by Crippen LogP contribution is -2.15. The minimum Gasteiger partial charge on any atom is -0.478 e. The summed E-state index contributed by atoms with van der Waals surface area (Å²) in [6, 6.07) is 12.6. The molecule has 0 atom stereocenters. The van der Waals surface area contributed by atoms with Crippen molar-refractivity contribution < 1.29 is 17.9 Å². The van der Waals surface area contributed by atoms with E-state index in [1.807, 2.05) is 0 Å². The number of hydrogen-bond acceptors (Lipinski definition) is 6. The van der Waals surface area contributed by atoms with Crippen LogP contribution in [0.4, 0.5) is 11.5 Å². The smallest absolute Gasteiger partial charge is 0.263 e. The van der Waals surface area contributed by atoms with Crippen molar-refractivity contribution in [3.8, 4) is 5.88 Å². The molecule has 3 aromatic rings. The second kappa shape index (κ2) is 8.36. The van der Waals surface area contributed by atoms with E-state index >= 15 is 0 Å². The van der Waals surface area contributed by atoms with Crippen LogP contribution >= 0.6 is 15.9 Å². The minimum atomic E-state index is -3.90. The zero-order valence-electron chi connectivity index (χ0n) is 14.6. The first-order chi connectivity index (χ1) is 13.4. The van der Waals surface area contributed by atoms with Gasteiger partial charge in [-0.05, 0) is 48.5 Å². The van der Waals surface area contributed by atoms with Gasteiger partial charge in [0.1, 0.15) is 0 Å². The molecule has 0 spiro atoms. The third-order valence-corrected chi connectivity index (χ3v) is 5.50. The molecule has 8 nitrogen and oxygen atoms in total. The van der Waals surface area contributed by atoms with Crippen LogP contribution in [-0.2, 0) is 10.0 Å². The fourth-order valence-electron chi connectivity index (χ4n) is 2.25. The summed E-state index contributed by atoms with van der Waals surface area (Å²) in [5.74, 6) is -0.257. The van der Waals surface area contributed by atoms with Crippen molar-refractivity contribution in [2.24, 2.45) is 0 Å². The maximum absolute atomic E-state index is 12.5. The summed E-state index contributed by atoms with van der Waals surface area (Å²) in [7, 11) is -2.53. The number of nitrogens with one attached hydrogen (secondary N) is 2. The molecule has 0 bridgehead atoms. The number of rotatable bonds is 6. The van der Waals surface area contributed by atoms with Gasteiger partial charge in [-0.25, -0.2) is 18.4 Å². The molecular formula is C18H15BrN4O4S. The Kier molecular flexibility index (Phi) is 5.90. The van der Waals surface area contributed by atoms with E-state index in [-0.39, 0.29) is 22.5 Å². The number of hydrogen-bond donors (Lipinski definition) is 2. The Hall–Kier alpha value is -2.98. The van der Waals surface area contributed by atoms with Crippen molar-refractivity contribution in [1.29, 1.82) is 0 Å². The van der Waals surface area contributed by atoms with Gasteiger partial charge in [-0.3, -0.25) is 9.52 Å². The Balaban J connectivity index is 1.74. The topological polar surface area (TPSA) is 110 Å². The van der Waals surface area contributed by atoms with Crippen LogP contribution in [0.3, 0.4) is 0 Å². The molecule has 0 aliphatic carbocycles. The number of methoxy groups -OCH3 is 1. The van der Waals surface area contributed by atoms with E-state index < -0.39 is 10.0 Å². The van der Waals surface area contributed by atoms with E-state index in [4.69, 9.17) is 4.74 Å². The number of carbonyl (C=O) groups is 1. The Morgan fingerprint density at radius 2 is 1.64 bits per heavy atom. The van der Waals surface area contributed by atoms with Gasteiger partial charge in [-0.1, -0.05) is 15.9 Å². The summed E-state index contributed by atoms with van der Waals surface area (Å²) in [5.41, 5.74) is 0.945. The number of amides is 1. The Morgan fingerprint density at radius 3 is 2.29 bits per heavy atom. The molecule has 2 N–H and O–H groups in total. The fourth-order valence-corrected chi connectivity index (χ4v) is 3.52. The average molecular weight is 463 g/mol. The van der Waals surface area contributed by atoms with Gasteiger partial charge in [0.15, 0.2) is 0 Å². The predicted molar refractivity (Wildman–Crippen MR) is 108 cm³/mol. The maximum atomic E-state index is 12.5. The van der Waals surface area contributed by atoms with Crippen molar-refractivity contribution in [2.45, 2.75) is 4.90 Å². The predicted octanol–water partition coefficient (Wildman–Crippen LogP) is 3.30. The van der Waals surface area contributed by atoms with Gasteiger partial charge < -0.3 is 10.1 Å². The standard InChI is InChI=1S/C18H15BrN4O4S/c1-27-18-16(20-10-11-21-18)23-28(25,26)15-8-6-14(7-9-15)22-17(24)12-2-4-13(19)5-3-12/h2-11H,1H3,(H,20,23)(H,22,24). The number of carbonyl (C=O) groups excluding carboxylic acids is 1. The van der Waals surface area contributed by atoms with Gasteiger partial charge in [0.2, 0.25) is 5.82 Å². The highest BCUT2D eigenvalue weighted by Crippen LogP contribution is 2.22. The molecule has 0 fully saturated rings. The highest BCUT2D eigenvalue weighted by Gasteiger charge is 2.18. The molecule has 0 saturated heterocycles. The Labute approximate surface area is 170 Å². The van der Waals surface area contributed by atoms with Gasteiger partial charge in [0, 0.05) is 28.1 Å². The van der Waals surface area contributed by atoms with Crippen LogP contribution in [0.1, 0.15) is 10.4 Å². The molecule has 0 saturated carbocycles. The van der Waals surface area contributed by atoms with Crippen LogP contribution < -0.4 is 14.8 Å². The van der Waals surface area contributed by atoms with Gasteiger partial charge in [0.05, 0.1) is 12.0 Å². The number of sulfonamides is 1. The van der Waals surface area contributed by atoms with Crippen molar-refractivity contribution in [3.63, 3.8) is 0 Å². The molecule has 0 radical (unpaired) electrons. The SMILES string of the molecule is COc1nccnc1NS(=O)(=O)c1ccc(NC(=O)c2ccc(Br)cc2)cc1. The van der Waals surface area contributed by atoms with Crippen LogP contribution in [0.5, 0.6) is 5.88 Å². The third-order valence-electron chi connectivity index (χ3n) is 3.62. The fraction of sp³-hybridized carbons (Fsp3) is 0.0556. The molecule has 2 aromatic carbocycles. The molecular weight excluding hydrogens is 448 g/mol. The van der Waals surface area contributed by atoms with E-state index in [2.05, 4.69) is 35.9 Å². The summed E-state index contributed by atoms with van der Waals surface area (Å²) >= 11 is 3.31. The molecule has 10 heteroatoms. The summed E-state index contributed by atoms with van der Waals surface area (Å²) in [5, 5.41) is 2.71.